The van der Waals surface area contributed by atoms with Gasteiger partial charge in [0.1, 0.15) is 5.75 Å². The normalized spacial score (nSPS) is 16.0. The molecule has 2 aromatic rings. The predicted octanol–water partition coefficient (Wildman–Crippen LogP) is 1.40. The number of aromatic hydroxyl groups is 1. The Morgan fingerprint density at radius 1 is 1.31 bits per heavy atom. The van der Waals surface area contributed by atoms with Crippen molar-refractivity contribution in [2.45, 2.75) is 6.04 Å². The van der Waals surface area contributed by atoms with Crippen LogP contribution in [0.15, 0.2) is 36.8 Å². The zero-order chi connectivity index (χ0) is 11.0. The zero-order valence-electron chi connectivity index (χ0n) is 8.80. The molecule has 0 unspecified atom stereocenters. The number of rotatable bonds is 2. The lowest BCUT2D eigenvalue weighted by molar-refractivity contribution is 0.345. The minimum absolute atomic E-state index is 0.302. The molecule has 2 N–H and O–H groups in total. The lowest BCUT2D eigenvalue weighted by atomic mass is 10.1. The van der Waals surface area contributed by atoms with E-state index in [1.54, 1.807) is 12.3 Å². The van der Waals surface area contributed by atoms with E-state index in [2.05, 4.69) is 14.9 Å². The highest BCUT2D eigenvalue weighted by Gasteiger charge is 2.21. The van der Waals surface area contributed by atoms with Gasteiger partial charge in [-0.05, 0) is 12.1 Å². The number of phenolic OH excluding ortho intramolecular Hbond substituents is 1. The fraction of sp³-hybridized carbons (Fsp3) is 0.250. The average molecular weight is 215 g/mol. The third-order valence-electron chi connectivity index (χ3n) is 3.00. The van der Waals surface area contributed by atoms with E-state index in [0.29, 0.717) is 11.8 Å². The molecule has 4 heteroatoms. The minimum atomic E-state index is 0.302. The molecule has 0 amide bonds. The van der Waals surface area contributed by atoms with Crippen LogP contribution in [-0.4, -0.2) is 27.7 Å². The summed E-state index contributed by atoms with van der Waals surface area (Å²) in [4.78, 5) is 4.17. The Bertz CT molecular complexity index is 502. The largest absolute Gasteiger partial charge is 0.507 e. The summed E-state index contributed by atoms with van der Waals surface area (Å²) in [6, 6.07) is 7.81. The van der Waals surface area contributed by atoms with Crippen molar-refractivity contribution in [3.05, 3.63) is 36.8 Å². The summed E-state index contributed by atoms with van der Waals surface area (Å²) < 4.78 is 2.12. The highest BCUT2D eigenvalue weighted by atomic mass is 16.3. The van der Waals surface area contributed by atoms with E-state index in [1.807, 2.05) is 24.5 Å². The number of aromatic nitrogens is 2. The second kappa shape index (κ2) is 3.64. The molecule has 4 nitrogen and oxygen atoms in total. The third-order valence-corrected chi connectivity index (χ3v) is 3.00. The van der Waals surface area contributed by atoms with Gasteiger partial charge >= 0.3 is 0 Å². The van der Waals surface area contributed by atoms with Gasteiger partial charge in [0, 0.05) is 18.7 Å². The van der Waals surface area contributed by atoms with E-state index < -0.39 is 0 Å². The second-order valence-corrected chi connectivity index (χ2v) is 4.02. The molecule has 2 heterocycles. The molecule has 1 fully saturated rings. The predicted molar refractivity (Wildman–Crippen MR) is 61.2 cm³/mol. The third kappa shape index (κ3) is 1.39. The molecule has 0 atom stereocenters. The maximum absolute atomic E-state index is 9.82. The Hall–Kier alpha value is -1.81. The van der Waals surface area contributed by atoms with Crippen LogP contribution in [0.3, 0.4) is 0 Å². The molecule has 0 radical (unpaired) electrons. The smallest absolute Gasteiger partial charge is 0.124 e. The first kappa shape index (κ1) is 9.42. The van der Waals surface area contributed by atoms with Crippen LogP contribution in [-0.2, 0) is 0 Å². The summed E-state index contributed by atoms with van der Waals surface area (Å²) >= 11 is 0. The lowest BCUT2D eigenvalue weighted by Crippen LogP contribution is -2.43. The van der Waals surface area contributed by atoms with Crippen LogP contribution in [0.2, 0.25) is 0 Å². The Morgan fingerprint density at radius 3 is 2.81 bits per heavy atom. The summed E-state index contributed by atoms with van der Waals surface area (Å²) in [5.74, 6) is 0.302. The Kier molecular flexibility index (Phi) is 2.15. The van der Waals surface area contributed by atoms with Crippen LogP contribution in [0.4, 0.5) is 0 Å². The first-order valence-corrected chi connectivity index (χ1v) is 5.37. The first-order valence-electron chi connectivity index (χ1n) is 5.37. The van der Waals surface area contributed by atoms with Crippen molar-refractivity contribution in [1.29, 1.82) is 0 Å². The molecule has 1 saturated heterocycles. The number of hydrogen-bond acceptors (Lipinski definition) is 3. The fourth-order valence-electron chi connectivity index (χ4n) is 1.96. The summed E-state index contributed by atoms with van der Waals surface area (Å²) in [5.41, 5.74) is 1.82. The van der Waals surface area contributed by atoms with Crippen LogP contribution in [0.5, 0.6) is 5.75 Å². The quantitative estimate of drug-likeness (QED) is 0.796. The highest BCUT2D eigenvalue weighted by Crippen LogP contribution is 2.30. The van der Waals surface area contributed by atoms with E-state index in [0.717, 1.165) is 24.3 Å². The van der Waals surface area contributed by atoms with Gasteiger partial charge in [-0.15, -0.1) is 0 Å². The molecule has 0 saturated carbocycles. The average Bonchev–Trinajstić information content (AvgIpc) is 2.65. The SMILES string of the molecule is Oc1ccccc1-c1cncn1C1CNC1. The van der Waals surface area contributed by atoms with Crippen LogP contribution in [0, 0.1) is 0 Å². The molecule has 1 aliphatic heterocycles. The van der Waals surface area contributed by atoms with Crippen LogP contribution >= 0.6 is 0 Å². The van der Waals surface area contributed by atoms with Gasteiger partial charge in [0.15, 0.2) is 0 Å². The van der Waals surface area contributed by atoms with Crippen LogP contribution < -0.4 is 5.32 Å². The summed E-state index contributed by atoms with van der Waals surface area (Å²) in [6.45, 7) is 1.94. The summed E-state index contributed by atoms with van der Waals surface area (Å²) in [7, 11) is 0. The Morgan fingerprint density at radius 2 is 2.12 bits per heavy atom. The molecular formula is C12H13N3O. The number of nitrogens with one attached hydrogen (secondary N) is 1. The van der Waals surface area contributed by atoms with Gasteiger partial charge < -0.3 is 15.0 Å². The van der Waals surface area contributed by atoms with E-state index in [1.165, 1.54) is 0 Å². The summed E-state index contributed by atoms with van der Waals surface area (Å²) in [5, 5.41) is 13.1. The van der Waals surface area contributed by atoms with Gasteiger partial charge in [-0.1, -0.05) is 12.1 Å². The molecule has 16 heavy (non-hydrogen) atoms. The Labute approximate surface area is 93.6 Å². The zero-order valence-corrected chi connectivity index (χ0v) is 8.80. The number of benzene rings is 1. The number of nitrogens with zero attached hydrogens (tertiary/aromatic N) is 2. The van der Waals surface area contributed by atoms with E-state index >= 15 is 0 Å². The van der Waals surface area contributed by atoms with Crippen LogP contribution in [0.25, 0.3) is 11.3 Å². The van der Waals surface area contributed by atoms with Gasteiger partial charge in [0.2, 0.25) is 0 Å². The van der Waals surface area contributed by atoms with Crippen molar-refractivity contribution in [2.24, 2.45) is 0 Å². The van der Waals surface area contributed by atoms with E-state index in [-0.39, 0.29) is 0 Å². The molecule has 0 aliphatic carbocycles. The monoisotopic (exact) mass is 215 g/mol. The van der Waals surface area contributed by atoms with Gasteiger partial charge in [0.05, 0.1) is 24.3 Å². The van der Waals surface area contributed by atoms with E-state index in [9.17, 15) is 5.11 Å². The maximum atomic E-state index is 9.82. The number of phenols is 1. The number of para-hydroxylation sites is 1. The molecule has 1 aliphatic rings. The van der Waals surface area contributed by atoms with Crippen molar-refractivity contribution < 1.29 is 5.11 Å². The van der Waals surface area contributed by atoms with Crippen LogP contribution in [0.1, 0.15) is 6.04 Å². The van der Waals surface area contributed by atoms with Gasteiger partial charge in [-0.25, -0.2) is 4.98 Å². The first-order chi connectivity index (χ1) is 7.86. The summed E-state index contributed by atoms with van der Waals surface area (Å²) in [6.07, 6.45) is 3.63. The minimum Gasteiger partial charge on any atom is -0.507 e. The fourth-order valence-corrected chi connectivity index (χ4v) is 1.96. The van der Waals surface area contributed by atoms with Gasteiger partial charge in [0.25, 0.3) is 0 Å². The van der Waals surface area contributed by atoms with E-state index in [4.69, 9.17) is 0 Å². The lowest BCUT2D eigenvalue weighted by Gasteiger charge is -2.29. The topological polar surface area (TPSA) is 50.1 Å². The number of hydrogen-bond donors (Lipinski definition) is 2. The Balaban J connectivity index is 2.06. The van der Waals surface area contributed by atoms with Crippen molar-refractivity contribution in [1.82, 2.24) is 14.9 Å². The van der Waals surface area contributed by atoms with Crippen molar-refractivity contribution in [3.63, 3.8) is 0 Å². The van der Waals surface area contributed by atoms with Crippen molar-refractivity contribution in [3.8, 4) is 17.0 Å². The molecule has 82 valence electrons. The molecular weight excluding hydrogens is 202 g/mol. The standard InChI is InChI=1S/C12H13N3O/c16-12-4-2-1-3-10(12)11-7-14-8-15(11)9-5-13-6-9/h1-4,7-9,13,16H,5-6H2. The highest BCUT2D eigenvalue weighted by molar-refractivity contribution is 5.66. The van der Waals surface area contributed by atoms with Crippen molar-refractivity contribution >= 4 is 0 Å². The molecule has 1 aromatic carbocycles. The van der Waals surface area contributed by atoms with Gasteiger partial charge in [-0.2, -0.15) is 0 Å². The maximum Gasteiger partial charge on any atom is 0.124 e. The van der Waals surface area contributed by atoms with Gasteiger partial charge in [-0.3, -0.25) is 0 Å². The molecule has 1 aromatic heterocycles. The second-order valence-electron chi connectivity index (χ2n) is 4.02. The molecule has 3 rings (SSSR count). The van der Waals surface area contributed by atoms with Crippen molar-refractivity contribution in [2.75, 3.05) is 13.1 Å². The molecule has 0 spiro atoms. The number of imidazole rings is 1. The molecule has 0 bridgehead atoms.